The highest BCUT2D eigenvalue weighted by Crippen LogP contribution is 2.33. The van der Waals surface area contributed by atoms with Gasteiger partial charge in [-0.25, -0.2) is 18.4 Å². The zero-order valence-electron chi connectivity index (χ0n) is 13.9. The van der Waals surface area contributed by atoms with Crippen LogP contribution in [0.25, 0.3) is 0 Å². The molecule has 2 saturated heterocycles. The molecule has 13 nitrogen and oxygen atoms in total. The molecule has 27 heavy (non-hydrogen) atoms. The van der Waals surface area contributed by atoms with E-state index in [2.05, 4.69) is 9.60 Å². The van der Waals surface area contributed by atoms with E-state index in [9.17, 15) is 26.4 Å². The second-order valence-electron chi connectivity index (χ2n) is 6.79. The Morgan fingerprint density at radius 1 is 1.26 bits per heavy atom. The van der Waals surface area contributed by atoms with E-state index in [4.69, 9.17) is 15.1 Å². The van der Waals surface area contributed by atoms with Gasteiger partial charge in [-0.05, 0) is 25.7 Å². The Hall–Kier alpha value is -1.81. The number of piperidine rings is 1. The highest BCUT2D eigenvalue weighted by atomic mass is 32.3. The number of urea groups is 1. The molecule has 0 unspecified atom stereocenters. The fourth-order valence-electron chi connectivity index (χ4n) is 3.50. The van der Waals surface area contributed by atoms with E-state index >= 15 is 0 Å². The quantitative estimate of drug-likeness (QED) is 0.223. The number of nitrogens with two attached hydrogens (primary N) is 1. The van der Waals surface area contributed by atoms with Crippen LogP contribution in [0, 0.1) is 11.3 Å². The van der Waals surface area contributed by atoms with Gasteiger partial charge in [-0.3, -0.25) is 14.8 Å². The van der Waals surface area contributed by atoms with E-state index in [0.717, 1.165) is 0 Å². The number of hydrogen-bond donors (Lipinski definition) is 4. The third-order valence-electron chi connectivity index (χ3n) is 5.02. The minimum absolute atomic E-state index is 0.0727. The van der Waals surface area contributed by atoms with Crippen LogP contribution in [0.4, 0.5) is 4.79 Å². The standard InChI is InChI=1S/C12H19N5O8S2/c13-10(15-11(18)6-3-8(4-6)26(14,20)21)9-2-1-7-5-16(9)12(19)17(7)25-27(22,23)24/h6-9H,1-5H2,(H2,13,15,18)(H2,14,20,21)(H,22,23,24)/t6?,7-,8?,9+/m1/s1. The molecule has 2 atom stereocenters. The highest BCUT2D eigenvalue weighted by molar-refractivity contribution is 7.89. The lowest BCUT2D eigenvalue weighted by atomic mass is 9.84. The number of rotatable bonds is 5. The first-order chi connectivity index (χ1) is 12.4. The molecule has 0 radical (unpaired) electrons. The van der Waals surface area contributed by atoms with Crippen LogP contribution in [0.5, 0.6) is 0 Å². The summed E-state index contributed by atoms with van der Waals surface area (Å²) in [6.45, 7) is 0.0776. The number of nitrogens with one attached hydrogen (secondary N) is 2. The minimum atomic E-state index is -4.86. The number of primary sulfonamides is 1. The average Bonchev–Trinajstić information content (AvgIpc) is 2.67. The van der Waals surface area contributed by atoms with Gasteiger partial charge >= 0.3 is 16.4 Å². The lowest BCUT2D eigenvalue weighted by Crippen LogP contribution is -2.54. The number of nitrogens with zero attached hydrogens (tertiary/aromatic N) is 2. The number of sulfonamides is 1. The summed E-state index contributed by atoms with van der Waals surface area (Å²) < 4.78 is 57.2. The maximum absolute atomic E-state index is 12.3. The summed E-state index contributed by atoms with van der Waals surface area (Å²) >= 11 is 0. The van der Waals surface area contributed by atoms with Gasteiger partial charge in [-0.15, -0.1) is 4.28 Å². The summed E-state index contributed by atoms with van der Waals surface area (Å²) in [6.07, 6.45) is 0.732. The van der Waals surface area contributed by atoms with Gasteiger partial charge in [0, 0.05) is 12.5 Å². The van der Waals surface area contributed by atoms with E-state index in [0.29, 0.717) is 11.5 Å². The third-order valence-corrected chi connectivity index (χ3v) is 6.68. The zero-order valence-corrected chi connectivity index (χ0v) is 15.6. The van der Waals surface area contributed by atoms with Crippen molar-refractivity contribution in [1.82, 2.24) is 15.3 Å². The predicted molar refractivity (Wildman–Crippen MR) is 88.9 cm³/mol. The molecular weight excluding hydrogens is 406 g/mol. The van der Waals surface area contributed by atoms with E-state index in [1.807, 2.05) is 0 Å². The maximum Gasteiger partial charge on any atom is 0.418 e. The molecule has 1 aliphatic carbocycles. The zero-order chi connectivity index (χ0) is 20.1. The molecule has 3 rings (SSSR count). The van der Waals surface area contributed by atoms with Crippen LogP contribution in [0.1, 0.15) is 25.7 Å². The molecule has 5 N–H and O–H groups in total. The molecule has 152 valence electrons. The Bertz CT molecular complexity index is 881. The van der Waals surface area contributed by atoms with Crippen molar-refractivity contribution in [2.45, 2.75) is 43.0 Å². The molecule has 3 aliphatic rings. The van der Waals surface area contributed by atoms with Gasteiger partial charge in [-0.1, -0.05) is 0 Å². The molecule has 0 aromatic rings. The molecule has 0 aromatic heterocycles. The molecule has 0 aromatic carbocycles. The Balaban J connectivity index is 1.59. The van der Waals surface area contributed by atoms with E-state index in [-0.39, 0.29) is 31.6 Å². The van der Waals surface area contributed by atoms with E-state index < -0.39 is 55.6 Å². The molecule has 0 spiro atoms. The van der Waals surface area contributed by atoms with Crippen molar-refractivity contribution < 1.29 is 35.3 Å². The van der Waals surface area contributed by atoms with Gasteiger partial charge in [0.1, 0.15) is 5.84 Å². The predicted octanol–water partition coefficient (Wildman–Crippen LogP) is -1.85. The van der Waals surface area contributed by atoms with E-state index in [1.165, 1.54) is 4.90 Å². The van der Waals surface area contributed by atoms with Crippen LogP contribution in [0.2, 0.25) is 0 Å². The van der Waals surface area contributed by atoms with Crippen LogP contribution >= 0.6 is 0 Å². The minimum Gasteiger partial charge on any atom is -0.313 e. The smallest absolute Gasteiger partial charge is 0.313 e. The summed E-state index contributed by atoms with van der Waals surface area (Å²) in [6, 6.07) is -2.22. The summed E-state index contributed by atoms with van der Waals surface area (Å²) in [5.74, 6) is -1.36. The van der Waals surface area contributed by atoms with Crippen molar-refractivity contribution in [3.8, 4) is 0 Å². The normalized spacial score (nSPS) is 30.8. The van der Waals surface area contributed by atoms with Crippen molar-refractivity contribution in [2.24, 2.45) is 11.1 Å². The average molecular weight is 425 g/mol. The molecule has 3 amide bonds. The van der Waals surface area contributed by atoms with Crippen molar-refractivity contribution in [1.29, 1.82) is 5.41 Å². The van der Waals surface area contributed by atoms with Gasteiger partial charge < -0.3 is 10.2 Å². The largest absolute Gasteiger partial charge is 0.418 e. The number of amidine groups is 1. The second kappa shape index (κ2) is 6.66. The van der Waals surface area contributed by atoms with Crippen molar-refractivity contribution >= 4 is 38.2 Å². The molecule has 2 bridgehead atoms. The summed E-state index contributed by atoms with van der Waals surface area (Å²) in [5, 5.41) is 15.2. The SMILES string of the molecule is N=C(NC(=O)C1CC(S(N)(=O)=O)C1)[C@@H]1CC[C@@H]2CN1C(=O)N2OS(=O)(=O)O. The lowest BCUT2D eigenvalue weighted by molar-refractivity contribution is -0.125. The number of carbonyl (C=O) groups is 2. The van der Waals surface area contributed by atoms with Crippen molar-refractivity contribution in [3.63, 3.8) is 0 Å². The third kappa shape index (κ3) is 4.06. The Morgan fingerprint density at radius 2 is 1.89 bits per heavy atom. The summed E-state index contributed by atoms with van der Waals surface area (Å²) in [7, 11) is -8.56. The summed E-state index contributed by atoms with van der Waals surface area (Å²) in [4.78, 5) is 25.6. The van der Waals surface area contributed by atoms with Gasteiger partial charge in [0.2, 0.25) is 15.9 Å². The number of fused-ring (bicyclic) bond motifs is 2. The Labute approximate surface area is 155 Å². The first kappa shape index (κ1) is 19.9. The number of hydroxylamine groups is 2. The first-order valence-corrected chi connectivity index (χ1v) is 11.0. The second-order valence-corrected chi connectivity index (χ2v) is 9.64. The van der Waals surface area contributed by atoms with Gasteiger partial charge in [0.05, 0.1) is 17.3 Å². The molecule has 2 heterocycles. The van der Waals surface area contributed by atoms with Gasteiger partial charge in [-0.2, -0.15) is 13.5 Å². The van der Waals surface area contributed by atoms with Crippen LogP contribution in [0.3, 0.4) is 0 Å². The van der Waals surface area contributed by atoms with Crippen LogP contribution in [-0.4, -0.2) is 73.0 Å². The summed E-state index contributed by atoms with van der Waals surface area (Å²) in [5.41, 5.74) is 0. The number of amides is 3. The molecule has 3 fully saturated rings. The number of hydrogen-bond acceptors (Lipinski definition) is 8. The Kier molecular flexibility index (Phi) is 4.92. The van der Waals surface area contributed by atoms with E-state index in [1.54, 1.807) is 0 Å². The fraction of sp³-hybridized carbons (Fsp3) is 0.750. The van der Waals surface area contributed by atoms with Crippen LogP contribution < -0.4 is 10.5 Å². The number of carbonyl (C=O) groups excluding carboxylic acids is 2. The van der Waals surface area contributed by atoms with Gasteiger partial charge in [0.25, 0.3) is 0 Å². The molecule has 15 heteroatoms. The monoisotopic (exact) mass is 425 g/mol. The topological polar surface area (TPSA) is 200 Å². The highest BCUT2D eigenvalue weighted by Gasteiger charge is 2.49. The molecule has 2 aliphatic heterocycles. The lowest BCUT2D eigenvalue weighted by Gasteiger charge is -2.34. The fourth-order valence-corrected chi connectivity index (χ4v) is 4.89. The van der Waals surface area contributed by atoms with Crippen LogP contribution in [-0.2, 0) is 29.5 Å². The van der Waals surface area contributed by atoms with Crippen molar-refractivity contribution in [2.75, 3.05) is 6.54 Å². The first-order valence-electron chi connectivity index (χ1n) is 8.04. The maximum atomic E-state index is 12.3. The van der Waals surface area contributed by atoms with Crippen LogP contribution in [0.15, 0.2) is 0 Å². The van der Waals surface area contributed by atoms with Gasteiger partial charge in [0.15, 0.2) is 0 Å². The molecular formula is C12H19N5O8S2. The van der Waals surface area contributed by atoms with Crippen molar-refractivity contribution in [3.05, 3.63) is 0 Å². The molecule has 1 saturated carbocycles. The Morgan fingerprint density at radius 3 is 2.44 bits per heavy atom.